The third kappa shape index (κ3) is 4.13. The number of fused-ring (bicyclic) bond motifs is 3. The molecular formula is C34H22N2O7. The monoisotopic (exact) mass is 570 g/mol. The van der Waals surface area contributed by atoms with Crippen molar-refractivity contribution in [2.75, 3.05) is 11.9 Å². The summed E-state index contributed by atoms with van der Waals surface area (Å²) < 4.78 is 11.6. The van der Waals surface area contributed by atoms with E-state index < -0.39 is 29.6 Å². The van der Waals surface area contributed by atoms with E-state index in [1.165, 1.54) is 23.1 Å². The first kappa shape index (κ1) is 26.1. The molecule has 0 aliphatic carbocycles. The maximum absolute atomic E-state index is 13.7. The SMILES string of the molecule is CN1C(=O)/C(=C2\Oc3cc(OC(=O)C(Cc4ccccc4)N4C(=O)c5ccccc5C4=O)ccc3C2=O)c2ccccc21. The molecule has 0 aromatic heterocycles. The molecule has 1 unspecified atom stereocenters. The van der Waals surface area contributed by atoms with Crippen molar-refractivity contribution in [1.82, 2.24) is 4.90 Å². The maximum atomic E-state index is 13.7. The van der Waals surface area contributed by atoms with Gasteiger partial charge in [0.15, 0.2) is 5.76 Å². The van der Waals surface area contributed by atoms with E-state index in [1.54, 1.807) is 79.8 Å². The lowest BCUT2D eigenvalue weighted by molar-refractivity contribution is -0.138. The topological polar surface area (TPSA) is 110 Å². The zero-order valence-electron chi connectivity index (χ0n) is 22.8. The van der Waals surface area contributed by atoms with Gasteiger partial charge in [0.1, 0.15) is 17.5 Å². The van der Waals surface area contributed by atoms with Crippen LogP contribution in [0.15, 0.2) is 103 Å². The molecule has 3 amide bonds. The van der Waals surface area contributed by atoms with Crippen LogP contribution < -0.4 is 14.4 Å². The molecule has 0 radical (unpaired) electrons. The van der Waals surface area contributed by atoms with Gasteiger partial charge in [-0.05, 0) is 35.9 Å². The van der Waals surface area contributed by atoms with Crippen molar-refractivity contribution in [3.63, 3.8) is 0 Å². The van der Waals surface area contributed by atoms with Crippen LogP contribution in [0.1, 0.15) is 42.2 Å². The first-order chi connectivity index (χ1) is 20.8. The van der Waals surface area contributed by atoms with Crippen molar-refractivity contribution >= 4 is 40.7 Å². The minimum absolute atomic E-state index is 0.0380. The van der Waals surface area contributed by atoms with Crippen molar-refractivity contribution in [1.29, 1.82) is 0 Å². The fraction of sp³-hybridized carbons (Fsp3) is 0.0882. The van der Waals surface area contributed by atoms with Gasteiger partial charge in [-0.2, -0.15) is 0 Å². The number of hydrogen-bond acceptors (Lipinski definition) is 7. The fourth-order valence-electron chi connectivity index (χ4n) is 5.66. The summed E-state index contributed by atoms with van der Waals surface area (Å²) in [6.45, 7) is 0. The van der Waals surface area contributed by atoms with Gasteiger partial charge < -0.3 is 14.4 Å². The van der Waals surface area contributed by atoms with Crippen molar-refractivity contribution < 1.29 is 33.4 Å². The first-order valence-electron chi connectivity index (χ1n) is 13.5. The van der Waals surface area contributed by atoms with E-state index in [4.69, 9.17) is 9.47 Å². The predicted octanol–water partition coefficient (Wildman–Crippen LogP) is 4.46. The van der Waals surface area contributed by atoms with Crippen molar-refractivity contribution in [2.24, 2.45) is 0 Å². The van der Waals surface area contributed by atoms with E-state index in [9.17, 15) is 24.0 Å². The number of likely N-dealkylation sites (N-methyl/N-ethyl adjacent to an activating group) is 1. The number of imide groups is 1. The number of rotatable bonds is 5. The summed E-state index contributed by atoms with van der Waals surface area (Å²) in [6.07, 6.45) is 0.0380. The van der Waals surface area contributed by atoms with Crippen LogP contribution in [0, 0.1) is 0 Å². The predicted molar refractivity (Wildman–Crippen MR) is 155 cm³/mol. The molecule has 210 valence electrons. The number of anilines is 1. The number of para-hydroxylation sites is 1. The van der Waals surface area contributed by atoms with Crippen LogP contribution in [0.25, 0.3) is 5.57 Å². The lowest BCUT2D eigenvalue weighted by atomic mass is 10.0. The summed E-state index contributed by atoms with van der Waals surface area (Å²) >= 11 is 0. The number of ketones is 1. The largest absolute Gasteiger partial charge is 0.451 e. The van der Waals surface area contributed by atoms with Gasteiger partial charge in [-0.25, -0.2) is 4.79 Å². The van der Waals surface area contributed by atoms with Gasteiger partial charge in [0.05, 0.1) is 28.0 Å². The number of hydrogen-bond donors (Lipinski definition) is 0. The van der Waals surface area contributed by atoms with Crippen molar-refractivity contribution in [2.45, 2.75) is 12.5 Å². The summed E-state index contributed by atoms with van der Waals surface area (Å²) in [4.78, 5) is 69.0. The van der Waals surface area contributed by atoms with E-state index in [-0.39, 0.29) is 51.8 Å². The second kappa shape index (κ2) is 9.92. The van der Waals surface area contributed by atoms with Gasteiger partial charge in [0.25, 0.3) is 17.7 Å². The van der Waals surface area contributed by atoms with E-state index in [0.717, 1.165) is 10.5 Å². The molecule has 0 saturated carbocycles. The lowest BCUT2D eigenvalue weighted by Crippen LogP contribution is -2.48. The second-order valence-electron chi connectivity index (χ2n) is 10.3. The molecule has 0 saturated heterocycles. The number of amides is 3. The molecule has 0 bridgehead atoms. The normalized spacial score (nSPS) is 17.5. The van der Waals surface area contributed by atoms with Crippen LogP contribution in [-0.2, 0) is 16.0 Å². The van der Waals surface area contributed by atoms with Crippen LogP contribution in [0.4, 0.5) is 5.69 Å². The maximum Gasteiger partial charge on any atom is 0.335 e. The smallest absolute Gasteiger partial charge is 0.335 e. The Labute approximate surface area is 245 Å². The Morgan fingerprint density at radius 3 is 2.07 bits per heavy atom. The minimum Gasteiger partial charge on any atom is -0.451 e. The third-order valence-corrected chi connectivity index (χ3v) is 7.80. The van der Waals surface area contributed by atoms with Crippen LogP contribution in [0.2, 0.25) is 0 Å². The number of nitrogens with zero attached hydrogens (tertiary/aromatic N) is 2. The molecule has 0 N–H and O–H groups in total. The molecule has 9 nitrogen and oxygen atoms in total. The number of carbonyl (C=O) groups excluding carboxylic acids is 5. The summed E-state index contributed by atoms with van der Waals surface area (Å²) in [7, 11) is 1.62. The van der Waals surface area contributed by atoms with Crippen LogP contribution >= 0.6 is 0 Å². The molecule has 1 atom stereocenters. The quantitative estimate of drug-likeness (QED) is 0.151. The van der Waals surface area contributed by atoms with E-state index in [0.29, 0.717) is 11.3 Å². The average Bonchev–Trinajstić information content (AvgIpc) is 3.58. The molecule has 9 heteroatoms. The molecular weight excluding hydrogens is 548 g/mol. The summed E-state index contributed by atoms with van der Waals surface area (Å²) in [5.41, 5.74) is 2.78. The molecule has 43 heavy (non-hydrogen) atoms. The highest BCUT2D eigenvalue weighted by Gasteiger charge is 2.44. The molecule has 3 aliphatic heterocycles. The molecule has 4 aromatic carbocycles. The summed E-state index contributed by atoms with van der Waals surface area (Å²) in [6, 6.07) is 25.5. The Hall–Kier alpha value is -5.83. The highest BCUT2D eigenvalue weighted by Crippen LogP contribution is 2.43. The van der Waals surface area contributed by atoms with Crippen LogP contribution in [-0.4, -0.2) is 47.5 Å². The Bertz CT molecular complexity index is 1890. The Kier molecular flexibility index (Phi) is 6.02. The summed E-state index contributed by atoms with van der Waals surface area (Å²) in [5.74, 6) is -2.75. The zero-order chi connectivity index (χ0) is 29.8. The van der Waals surface area contributed by atoms with Crippen molar-refractivity contribution in [3.8, 4) is 11.5 Å². The van der Waals surface area contributed by atoms with Gasteiger partial charge in [-0.3, -0.25) is 24.1 Å². The summed E-state index contributed by atoms with van der Waals surface area (Å²) in [5, 5.41) is 0. The van der Waals surface area contributed by atoms with Gasteiger partial charge in [0, 0.05) is 25.1 Å². The number of esters is 1. The molecule has 3 aliphatic rings. The van der Waals surface area contributed by atoms with E-state index in [2.05, 4.69) is 0 Å². The first-order valence-corrected chi connectivity index (χ1v) is 13.5. The average molecular weight is 571 g/mol. The molecule has 7 rings (SSSR count). The fourth-order valence-corrected chi connectivity index (χ4v) is 5.66. The zero-order valence-corrected chi connectivity index (χ0v) is 22.8. The Balaban J connectivity index is 1.19. The molecule has 4 aromatic rings. The van der Waals surface area contributed by atoms with Crippen LogP contribution in [0.3, 0.4) is 0 Å². The van der Waals surface area contributed by atoms with Crippen molar-refractivity contribution in [3.05, 3.63) is 131 Å². The van der Waals surface area contributed by atoms with Gasteiger partial charge in [-0.1, -0.05) is 60.7 Å². The molecule has 0 fully saturated rings. The minimum atomic E-state index is -1.26. The van der Waals surface area contributed by atoms with Gasteiger partial charge >= 0.3 is 5.97 Å². The van der Waals surface area contributed by atoms with Crippen LogP contribution in [0.5, 0.6) is 11.5 Å². The number of benzene rings is 4. The van der Waals surface area contributed by atoms with Gasteiger partial charge in [0.2, 0.25) is 5.78 Å². The number of carbonyl (C=O) groups is 5. The van der Waals surface area contributed by atoms with Gasteiger partial charge in [-0.15, -0.1) is 0 Å². The number of Topliss-reactive ketones (excluding diaryl/α,β-unsaturated/α-hetero) is 1. The van der Waals surface area contributed by atoms with E-state index in [1.807, 2.05) is 6.07 Å². The second-order valence-corrected chi connectivity index (χ2v) is 10.3. The number of allylic oxidation sites excluding steroid dienone is 1. The lowest BCUT2D eigenvalue weighted by Gasteiger charge is -2.24. The standard InChI is InChI=1S/C34H22N2O7/c1-35-25-14-8-7-13-23(25)28(33(35)40)30-29(37)24-16-15-20(18-27(24)43-30)42-34(41)26(17-19-9-3-2-4-10-19)36-31(38)21-11-5-6-12-22(21)32(36)39/h2-16,18,26H,17H2,1H3/b30-28-. The number of ether oxygens (including phenoxy) is 2. The molecule has 0 spiro atoms. The Morgan fingerprint density at radius 1 is 0.744 bits per heavy atom. The molecule has 3 heterocycles. The highest BCUT2D eigenvalue weighted by atomic mass is 16.5. The van der Waals surface area contributed by atoms with E-state index >= 15 is 0 Å². The third-order valence-electron chi connectivity index (χ3n) is 7.80. The Morgan fingerprint density at radius 2 is 1.37 bits per heavy atom. The highest BCUT2D eigenvalue weighted by molar-refractivity contribution is 6.37.